The molecule has 2 aliphatic heterocycles. The van der Waals surface area contributed by atoms with Crippen molar-refractivity contribution in [2.45, 2.75) is 116 Å². The van der Waals surface area contributed by atoms with Crippen molar-refractivity contribution in [2.75, 3.05) is 29.5 Å². The zero-order chi connectivity index (χ0) is 24.5. The molecule has 0 aliphatic carbocycles. The number of aromatic nitrogens is 3. The summed E-state index contributed by atoms with van der Waals surface area (Å²) in [6, 6.07) is 0. The molecular formula is C25H48N8. The van der Waals surface area contributed by atoms with Crippen LogP contribution < -0.4 is 27.0 Å². The van der Waals surface area contributed by atoms with Crippen LogP contribution >= 0.6 is 0 Å². The van der Waals surface area contributed by atoms with Crippen LogP contribution in [0.15, 0.2) is 0 Å². The Kier molecular flexibility index (Phi) is 7.49. The minimum atomic E-state index is 0.167. The summed E-state index contributed by atoms with van der Waals surface area (Å²) in [4.78, 5) is 13.2. The minimum absolute atomic E-state index is 0.167. The molecule has 33 heavy (non-hydrogen) atoms. The number of nitrogens with one attached hydrogen (secondary N) is 4. The lowest BCUT2D eigenvalue weighted by Gasteiger charge is -2.46. The van der Waals surface area contributed by atoms with Gasteiger partial charge >= 0.3 is 0 Å². The smallest absolute Gasteiger partial charge is 0.229 e. The maximum absolute atomic E-state index is 5.97. The van der Waals surface area contributed by atoms with E-state index in [1.807, 2.05) is 0 Å². The van der Waals surface area contributed by atoms with Crippen LogP contribution in [0.5, 0.6) is 0 Å². The van der Waals surface area contributed by atoms with Crippen LogP contribution in [-0.2, 0) is 0 Å². The maximum Gasteiger partial charge on any atom is 0.229 e. The molecule has 188 valence electrons. The van der Waals surface area contributed by atoms with E-state index in [9.17, 15) is 0 Å². The van der Waals surface area contributed by atoms with Crippen LogP contribution in [0.25, 0.3) is 0 Å². The molecule has 1 aromatic rings. The van der Waals surface area contributed by atoms with Crippen LogP contribution in [0.2, 0.25) is 0 Å². The molecule has 6 N–H and O–H groups in total. The van der Waals surface area contributed by atoms with E-state index in [0.29, 0.717) is 23.7 Å². The van der Waals surface area contributed by atoms with Crippen LogP contribution in [-0.4, -0.2) is 50.2 Å². The first-order valence-electron chi connectivity index (χ1n) is 12.7. The van der Waals surface area contributed by atoms with Gasteiger partial charge in [-0.1, -0.05) is 0 Å². The maximum atomic E-state index is 5.97. The van der Waals surface area contributed by atoms with Crippen molar-refractivity contribution in [3.8, 4) is 0 Å². The average molecular weight is 461 g/mol. The summed E-state index contributed by atoms with van der Waals surface area (Å²) < 4.78 is 0. The summed E-state index contributed by atoms with van der Waals surface area (Å²) in [7, 11) is 0. The van der Waals surface area contributed by atoms with Gasteiger partial charge in [0, 0.05) is 35.2 Å². The van der Waals surface area contributed by atoms with Gasteiger partial charge in [-0.15, -0.1) is 0 Å². The van der Waals surface area contributed by atoms with E-state index in [1.54, 1.807) is 0 Å². The van der Waals surface area contributed by atoms with Gasteiger partial charge in [0.25, 0.3) is 0 Å². The molecular weight excluding hydrogens is 412 g/mol. The van der Waals surface area contributed by atoms with Crippen molar-refractivity contribution in [2.24, 2.45) is 11.8 Å². The molecule has 0 radical (unpaired) electrons. The summed E-state index contributed by atoms with van der Waals surface area (Å²) >= 11 is 0. The van der Waals surface area contributed by atoms with Crippen molar-refractivity contribution < 1.29 is 0 Å². The van der Waals surface area contributed by atoms with E-state index in [-0.39, 0.29) is 28.1 Å². The second kappa shape index (κ2) is 9.53. The molecule has 1 aromatic heterocycles. The van der Waals surface area contributed by atoms with Gasteiger partial charge < -0.3 is 27.0 Å². The van der Waals surface area contributed by atoms with Gasteiger partial charge in [0.05, 0.1) is 0 Å². The Morgan fingerprint density at radius 1 is 0.667 bits per heavy atom. The van der Waals surface area contributed by atoms with Crippen LogP contribution in [0.3, 0.4) is 0 Å². The predicted octanol–water partition coefficient (Wildman–Crippen LogP) is 4.17. The van der Waals surface area contributed by atoms with Gasteiger partial charge in [-0.05, 0) is 106 Å². The summed E-state index contributed by atoms with van der Waals surface area (Å²) in [5.41, 5.74) is 6.64. The van der Waals surface area contributed by atoms with Crippen molar-refractivity contribution in [1.82, 2.24) is 25.6 Å². The molecule has 2 fully saturated rings. The second-order valence-corrected chi connectivity index (χ2v) is 13.1. The van der Waals surface area contributed by atoms with E-state index in [4.69, 9.17) is 5.73 Å². The summed E-state index contributed by atoms with van der Waals surface area (Å²) in [5, 5.41) is 14.3. The summed E-state index contributed by atoms with van der Waals surface area (Å²) in [6.45, 7) is 20.0. The van der Waals surface area contributed by atoms with Gasteiger partial charge in [-0.25, -0.2) is 0 Å². The molecule has 8 heteroatoms. The van der Waals surface area contributed by atoms with Gasteiger partial charge in [-0.3, -0.25) is 0 Å². The Hall–Kier alpha value is -1.67. The van der Waals surface area contributed by atoms with Gasteiger partial charge in [0.15, 0.2) is 0 Å². The standard InChI is InChI=1S/C25H48N8/c1-22(2)13-17(14-23(3,4)32-22)9-11-27-20-29-19(26)30-21(31-20)28-12-10-18-15-24(5,6)33-25(7,8)16-18/h17-18,32-33H,9-16H2,1-8H3,(H4,26,27,28,29,30,31). The predicted molar refractivity (Wildman–Crippen MR) is 138 cm³/mol. The second-order valence-electron chi connectivity index (χ2n) is 13.1. The molecule has 2 aliphatic rings. The Labute approximate surface area is 201 Å². The first-order chi connectivity index (χ1) is 15.1. The SMILES string of the molecule is CC1(C)CC(CCNc2nc(N)nc(NCCC3CC(C)(C)NC(C)(C)C3)n2)CC(C)(C)N1. The molecule has 0 saturated carbocycles. The fourth-order valence-electron chi connectivity index (χ4n) is 6.80. The zero-order valence-electron chi connectivity index (χ0n) is 22.2. The van der Waals surface area contributed by atoms with Crippen molar-refractivity contribution >= 4 is 17.8 Å². The van der Waals surface area contributed by atoms with Crippen LogP contribution in [0.4, 0.5) is 17.8 Å². The van der Waals surface area contributed by atoms with E-state index in [1.165, 1.54) is 25.7 Å². The summed E-state index contributed by atoms with van der Waals surface area (Å²) in [5.74, 6) is 2.70. The van der Waals surface area contributed by atoms with Crippen molar-refractivity contribution in [3.05, 3.63) is 0 Å². The third-order valence-corrected chi connectivity index (χ3v) is 6.87. The molecule has 0 unspecified atom stereocenters. The van der Waals surface area contributed by atoms with E-state index >= 15 is 0 Å². The number of hydrogen-bond donors (Lipinski definition) is 5. The fourth-order valence-corrected chi connectivity index (χ4v) is 6.80. The highest BCUT2D eigenvalue weighted by Gasteiger charge is 2.38. The molecule has 2 saturated heterocycles. The molecule has 0 atom stereocenters. The lowest BCUT2D eigenvalue weighted by molar-refractivity contribution is 0.125. The molecule has 3 rings (SSSR count). The molecule has 0 amide bonds. The zero-order valence-corrected chi connectivity index (χ0v) is 22.2. The van der Waals surface area contributed by atoms with Gasteiger partial charge in [-0.2, -0.15) is 15.0 Å². The van der Waals surface area contributed by atoms with Gasteiger partial charge in [0.2, 0.25) is 17.8 Å². The normalized spacial score (nSPS) is 24.4. The third-order valence-electron chi connectivity index (χ3n) is 6.87. The lowest BCUT2D eigenvalue weighted by atomic mass is 9.75. The summed E-state index contributed by atoms with van der Waals surface area (Å²) in [6.07, 6.45) is 6.88. The van der Waals surface area contributed by atoms with E-state index in [2.05, 4.69) is 91.6 Å². The number of piperidine rings is 2. The molecule has 0 spiro atoms. The van der Waals surface area contributed by atoms with E-state index in [0.717, 1.165) is 25.9 Å². The van der Waals surface area contributed by atoms with E-state index < -0.39 is 0 Å². The number of rotatable bonds is 8. The Bertz CT molecular complexity index is 707. The van der Waals surface area contributed by atoms with Crippen LogP contribution in [0.1, 0.15) is 93.9 Å². The topological polar surface area (TPSA) is 113 Å². The molecule has 0 bridgehead atoms. The minimum Gasteiger partial charge on any atom is -0.368 e. The number of anilines is 3. The first kappa shape index (κ1) is 25.9. The molecule has 8 nitrogen and oxygen atoms in total. The quantitative estimate of drug-likeness (QED) is 0.393. The molecule has 0 aromatic carbocycles. The Balaban J connectivity index is 1.48. The number of nitrogen functional groups attached to an aromatic ring is 1. The first-order valence-corrected chi connectivity index (χ1v) is 12.7. The molecule has 3 heterocycles. The third kappa shape index (κ3) is 8.25. The van der Waals surface area contributed by atoms with Crippen molar-refractivity contribution in [1.29, 1.82) is 0 Å². The fraction of sp³-hybridized carbons (Fsp3) is 0.880. The average Bonchev–Trinajstić information content (AvgIpc) is 2.55. The Morgan fingerprint density at radius 2 is 1.00 bits per heavy atom. The number of nitrogens with two attached hydrogens (primary N) is 1. The highest BCUT2D eigenvalue weighted by atomic mass is 15.2. The monoisotopic (exact) mass is 460 g/mol. The number of hydrogen-bond acceptors (Lipinski definition) is 8. The van der Waals surface area contributed by atoms with Gasteiger partial charge in [0.1, 0.15) is 0 Å². The highest BCUT2D eigenvalue weighted by molar-refractivity contribution is 5.39. The lowest BCUT2D eigenvalue weighted by Crippen LogP contribution is -2.57. The Morgan fingerprint density at radius 3 is 1.33 bits per heavy atom. The highest BCUT2D eigenvalue weighted by Crippen LogP contribution is 2.35. The number of nitrogens with zero attached hydrogens (tertiary/aromatic N) is 3. The largest absolute Gasteiger partial charge is 0.368 e. The van der Waals surface area contributed by atoms with Crippen molar-refractivity contribution in [3.63, 3.8) is 0 Å². The van der Waals surface area contributed by atoms with Crippen LogP contribution in [0, 0.1) is 11.8 Å².